The summed E-state index contributed by atoms with van der Waals surface area (Å²) in [6.07, 6.45) is -0.386. The van der Waals surface area contributed by atoms with E-state index in [1.807, 2.05) is 19.1 Å². The van der Waals surface area contributed by atoms with Gasteiger partial charge in [0.1, 0.15) is 0 Å². The van der Waals surface area contributed by atoms with E-state index in [-0.39, 0.29) is 12.1 Å². The van der Waals surface area contributed by atoms with E-state index in [1.165, 1.54) is 0 Å². The summed E-state index contributed by atoms with van der Waals surface area (Å²) in [5, 5.41) is 14.6. The van der Waals surface area contributed by atoms with Crippen molar-refractivity contribution in [2.75, 3.05) is 26.2 Å². The van der Waals surface area contributed by atoms with Gasteiger partial charge in [-0.25, -0.2) is 0 Å². The zero-order valence-electron chi connectivity index (χ0n) is 12.4. The Labute approximate surface area is 131 Å². The normalized spacial score (nSPS) is 14.6. The first-order valence-corrected chi connectivity index (χ1v) is 7.82. The summed E-state index contributed by atoms with van der Waals surface area (Å²) in [5.74, 6) is 0. The van der Waals surface area contributed by atoms with Gasteiger partial charge in [0.15, 0.2) is 0 Å². The number of hydrogen-bond acceptors (Lipinski definition) is 3. The molecular weight excluding hydrogens is 295 g/mol. The van der Waals surface area contributed by atoms with Gasteiger partial charge in [0.05, 0.1) is 6.10 Å². The molecular formula is C15H24Cl2N2O. The predicted molar refractivity (Wildman–Crippen MR) is 86.7 cm³/mol. The van der Waals surface area contributed by atoms with Crippen molar-refractivity contribution in [1.29, 1.82) is 0 Å². The smallest absolute Gasteiger partial charge is 0.0791 e. The summed E-state index contributed by atoms with van der Waals surface area (Å²) in [6.45, 7) is 9.34. The minimum absolute atomic E-state index is 0.0751. The van der Waals surface area contributed by atoms with Crippen molar-refractivity contribution in [3.8, 4) is 0 Å². The van der Waals surface area contributed by atoms with Crippen LogP contribution in [0.15, 0.2) is 18.2 Å². The minimum atomic E-state index is -0.386. The molecule has 0 aliphatic rings. The summed E-state index contributed by atoms with van der Waals surface area (Å²) in [7, 11) is 0. The van der Waals surface area contributed by atoms with Crippen molar-refractivity contribution in [3.63, 3.8) is 0 Å². The van der Waals surface area contributed by atoms with Gasteiger partial charge in [-0.15, -0.1) is 0 Å². The van der Waals surface area contributed by atoms with Gasteiger partial charge in [-0.1, -0.05) is 43.1 Å². The van der Waals surface area contributed by atoms with Crippen molar-refractivity contribution in [2.24, 2.45) is 0 Å². The standard InChI is InChI=1S/C15H24Cl2N2O/c1-4-19(5-2)10-13(20)9-18-11(3)14-7-6-12(16)8-15(14)17/h6-8,11,13,18,20H,4-5,9-10H2,1-3H3. The van der Waals surface area contributed by atoms with Gasteiger partial charge < -0.3 is 15.3 Å². The molecule has 20 heavy (non-hydrogen) atoms. The van der Waals surface area contributed by atoms with Gasteiger partial charge >= 0.3 is 0 Å². The number of nitrogens with one attached hydrogen (secondary N) is 1. The molecule has 0 saturated heterocycles. The van der Waals surface area contributed by atoms with Crippen LogP contribution in [0, 0.1) is 0 Å². The third-order valence-corrected chi connectivity index (χ3v) is 4.01. The third kappa shape index (κ3) is 5.58. The number of benzene rings is 1. The average molecular weight is 319 g/mol. The number of hydrogen-bond donors (Lipinski definition) is 2. The second kappa shape index (κ2) is 8.85. The lowest BCUT2D eigenvalue weighted by Crippen LogP contribution is -2.38. The number of halogens is 2. The zero-order valence-corrected chi connectivity index (χ0v) is 13.9. The Bertz CT molecular complexity index is 411. The highest BCUT2D eigenvalue weighted by molar-refractivity contribution is 6.35. The molecule has 0 aliphatic heterocycles. The quantitative estimate of drug-likeness (QED) is 0.771. The highest BCUT2D eigenvalue weighted by Crippen LogP contribution is 2.25. The molecule has 0 aliphatic carbocycles. The maximum atomic E-state index is 10.0. The largest absolute Gasteiger partial charge is 0.390 e. The molecule has 0 fully saturated rings. The van der Waals surface area contributed by atoms with E-state index >= 15 is 0 Å². The predicted octanol–water partition coefficient (Wildman–Crippen LogP) is 3.35. The van der Waals surface area contributed by atoms with Crippen LogP contribution in [0.3, 0.4) is 0 Å². The van der Waals surface area contributed by atoms with Crippen LogP contribution in [0.4, 0.5) is 0 Å². The van der Waals surface area contributed by atoms with E-state index < -0.39 is 0 Å². The molecule has 2 N–H and O–H groups in total. The van der Waals surface area contributed by atoms with Crippen LogP contribution in [0.5, 0.6) is 0 Å². The summed E-state index contributed by atoms with van der Waals surface area (Å²) >= 11 is 12.1. The lowest BCUT2D eigenvalue weighted by Gasteiger charge is -2.24. The first-order valence-electron chi connectivity index (χ1n) is 7.06. The fourth-order valence-electron chi connectivity index (χ4n) is 2.12. The van der Waals surface area contributed by atoms with E-state index in [0.717, 1.165) is 18.7 Å². The van der Waals surface area contributed by atoms with Crippen LogP contribution >= 0.6 is 23.2 Å². The molecule has 0 spiro atoms. The fraction of sp³-hybridized carbons (Fsp3) is 0.600. The van der Waals surface area contributed by atoms with E-state index in [2.05, 4.69) is 24.1 Å². The first kappa shape index (κ1) is 17.7. The number of nitrogens with zero attached hydrogens (tertiary/aromatic N) is 1. The monoisotopic (exact) mass is 318 g/mol. The Hall–Kier alpha value is -0.320. The van der Waals surface area contributed by atoms with E-state index in [0.29, 0.717) is 23.1 Å². The molecule has 0 amide bonds. The van der Waals surface area contributed by atoms with Gasteiger partial charge in [0, 0.05) is 29.2 Å². The molecule has 0 aromatic heterocycles. The Kier molecular flexibility index (Phi) is 7.85. The van der Waals surface area contributed by atoms with E-state index in [1.54, 1.807) is 6.07 Å². The van der Waals surface area contributed by atoms with Crippen molar-refractivity contribution in [1.82, 2.24) is 10.2 Å². The van der Waals surface area contributed by atoms with Gasteiger partial charge in [0.2, 0.25) is 0 Å². The molecule has 1 rings (SSSR count). The number of likely N-dealkylation sites (N-methyl/N-ethyl adjacent to an activating group) is 1. The van der Waals surface area contributed by atoms with Crippen molar-refractivity contribution < 1.29 is 5.11 Å². The van der Waals surface area contributed by atoms with Crippen LogP contribution in [0.1, 0.15) is 32.4 Å². The van der Waals surface area contributed by atoms with Crippen LogP contribution in [-0.2, 0) is 0 Å². The third-order valence-electron chi connectivity index (χ3n) is 3.45. The average Bonchev–Trinajstić information content (AvgIpc) is 2.42. The van der Waals surface area contributed by atoms with Crippen molar-refractivity contribution >= 4 is 23.2 Å². The van der Waals surface area contributed by atoms with Gasteiger partial charge in [0.25, 0.3) is 0 Å². The molecule has 2 atom stereocenters. The summed E-state index contributed by atoms with van der Waals surface area (Å²) < 4.78 is 0. The summed E-state index contributed by atoms with van der Waals surface area (Å²) in [5.41, 5.74) is 0.992. The molecule has 114 valence electrons. The maximum absolute atomic E-state index is 10.0. The molecule has 0 saturated carbocycles. The van der Waals surface area contributed by atoms with Crippen LogP contribution in [-0.4, -0.2) is 42.3 Å². The Morgan fingerprint density at radius 1 is 1.25 bits per heavy atom. The highest BCUT2D eigenvalue weighted by Gasteiger charge is 2.13. The molecule has 0 radical (unpaired) electrons. The summed E-state index contributed by atoms with van der Waals surface area (Å²) in [4.78, 5) is 2.20. The number of aliphatic hydroxyl groups is 1. The van der Waals surface area contributed by atoms with Gasteiger partial charge in [-0.2, -0.15) is 0 Å². The zero-order chi connectivity index (χ0) is 15.1. The molecule has 3 nitrogen and oxygen atoms in total. The van der Waals surface area contributed by atoms with Crippen molar-refractivity contribution in [2.45, 2.75) is 32.9 Å². The molecule has 2 unspecified atom stereocenters. The van der Waals surface area contributed by atoms with Crippen LogP contribution in [0.25, 0.3) is 0 Å². The highest BCUT2D eigenvalue weighted by atomic mass is 35.5. The number of aliphatic hydroxyl groups excluding tert-OH is 1. The first-order chi connectivity index (χ1) is 9.47. The van der Waals surface area contributed by atoms with Gasteiger partial charge in [-0.3, -0.25) is 0 Å². The number of rotatable bonds is 8. The maximum Gasteiger partial charge on any atom is 0.0791 e. The lowest BCUT2D eigenvalue weighted by molar-refractivity contribution is 0.114. The molecule has 5 heteroatoms. The molecule has 1 aromatic carbocycles. The lowest BCUT2D eigenvalue weighted by atomic mass is 10.1. The van der Waals surface area contributed by atoms with Crippen LogP contribution in [0.2, 0.25) is 10.0 Å². The second-order valence-corrected chi connectivity index (χ2v) is 5.78. The molecule has 0 heterocycles. The Morgan fingerprint density at radius 2 is 1.90 bits per heavy atom. The van der Waals surface area contributed by atoms with E-state index in [4.69, 9.17) is 23.2 Å². The molecule has 0 bridgehead atoms. The fourth-order valence-corrected chi connectivity index (χ4v) is 2.69. The Balaban J connectivity index is 2.48. The SMILES string of the molecule is CCN(CC)CC(O)CNC(C)c1ccc(Cl)cc1Cl. The Morgan fingerprint density at radius 3 is 2.45 bits per heavy atom. The molecule has 1 aromatic rings. The second-order valence-electron chi connectivity index (χ2n) is 4.94. The van der Waals surface area contributed by atoms with Gasteiger partial charge in [-0.05, 0) is 37.7 Å². The van der Waals surface area contributed by atoms with Crippen molar-refractivity contribution in [3.05, 3.63) is 33.8 Å². The minimum Gasteiger partial charge on any atom is -0.390 e. The van der Waals surface area contributed by atoms with E-state index in [9.17, 15) is 5.11 Å². The topological polar surface area (TPSA) is 35.5 Å². The summed E-state index contributed by atoms with van der Waals surface area (Å²) in [6, 6.07) is 5.56. The van der Waals surface area contributed by atoms with Crippen LogP contribution < -0.4 is 5.32 Å².